The van der Waals surface area contributed by atoms with Crippen LogP contribution < -0.4 is 5.32 Å². The van der Waals surface area contributed by atoms with Crippen molar-refractivity contribution in [3.05, 3.63) is 29.3 Å². The van der Waals surface area contributed by atoms with E-state index in [4.69, 9.17) is 5.11 Å². The Morgan fingerprint density at radius 1 is 1.50 bits per heavy atom. The summed E-state index contributed by atoms with van der Waals surface area (Å²) in [4.78, 5) is 10.9. The minimum atomic E-state index is -0.951. The molecule has 0 aromatic heterocycles. The van der Waals surface area contributed by atoms with Crippen LogP contribution in [0.1, 0.15) is 17.2 Å². The highest BCUT2D eigenvalue weighted by molar-refractivity contribution is 5.77. The zero-order chi connectivity index (χ0) is 10.1. The minimum absolute atomic E-state index is 0.0575. The molecule has 4 nitrogen and oxygen atoms in total. The number of aromatic hydroxyl groups is 1. The number of fused-ring (bicyclic) bond motifs is 1. The fourth-order valence-electron chi connectivity index (χ4n) is 1.81. The van der Waals surface area contributed by atoms with Crippen molar-refractivity contribution in [3.8, 4) is 5.75 Å². The number of hydrogen-bond acceptors (Lipinski definition) is 3. The number of phenols is 1. The summed E-state index contributed by atoms with van der Waals surface area (Å²) in [5, 5.41) is 21.4. The summed E-state index contributed by atoms with van der Waals surface area (Å²) >= 11 is 0. The van der Waals surface area contributed by atoms with Gasteiger partial charge in [0.15, 0.2) is 0 Å². The zero-order valence-corrected chi connectivity index (χ0v) is 7.53. The van der Waals surface area contributed by atoms with Crippen LogP contribution in [0.25, 0.3) is 0 Å². The third-order valence-electron chi connectivity index (χ3n) is 2.45. The molecule has 1 heterocycles. The summed E-state index contributed by atoms with van der Waals surface area (Å²) in [5.74, 6) is -0.894. The maximum Gasteiger partial charge on any atom is 0.325 e. The molecule has 0 bridgehead atoms. The van der Waals surface area contributed by atoms with Gasteiger partial charge < -0.3 is 15.5 Å². The first-order valence-electron chi connectivity index (χ1n) is 4.47. The van der Waals surface area contributed by atoms with Gasteiger partial charge in [-0.15, -0.1) is 0 Å². The van der Waals surface area contributed by atoms with E-state index in [9.17, 15) is 9.90 Å². The van der Waals surface area contributed by atoms with Gasteiger partial charge in [-0.05, 0) is 18.1 Å². The standard InChI is InChI=1S/C10H11NO3/c12-7-3-1-2-6-4-5-11-9(8(6)7)10(13)14/h1-3,9,11-12H,4-5H2,(H,13,14). The smallest absolute Gasteiger partial charge is 0.325 e. The van der Waals surface area contributed by atoms with Crippen LogP contribution in [0, 0.1) is 0 Å². The summed E-state index contributed by atoms with van der Waals surface area (Å²) < 4.78 is 0. The van der Waals surface area contributed by atoms with Crippen molar-refractivity contribution in [3.63, 3.8) is 0 Å². The monoisotopic (exact) mass is 193 g/mol. The average molecular weight is 193 g/mol. The Hall–Kier alpha value is -1.55. The van der Waals surface area contributed by atoms with Crippen LogP contribution in [0.5, 0.6) is 5.75 Å². The van der Waals surface area contributed by atoms with E-state index in [0.29, 0.717) is 12.1 Å². The maximum atomic E-state index is 10.9. The van der Waals surface area contributed by atoms with Crippen LogP contribution in [0.3, 0.4) is 0 Å². The summed E-state index contributed by atoms with van der Waals surface area (Å²) in [7, 11) is 0. The highest BCUT2D eigenvalue weighted by atomic mass is 16.4. The third kappa shape index (κ3) is 1.33. The Morgan fingerprint density at radius 3 is 3.00 bits per heavy atom. The van der Waals surface area contributed by atoms with Gasteiger partial charge in [0.05, 0.1) is 0 Å². The van der Waals surface area contributed by atoms with Gasteiger partial charge in [-0.1, -0.05) is 12.1 Å². The molecule has 1 aromatic carbocycles. The van der Waals surface area contributed by atoms with Crippen molar-refractivity contribution in [1.29, 1.82) is 0 Å². The fourth-order valence-corrected chi connectivity index (χ4v) is 1.81. The molecule has 14 heavy (non-hydrogen) atoms. The van der Waals surface area contributed by atoms with Crippen LogP contribution in [0.4, 0.5) is 0 Å². The summed E-state index contributed by atoms with van der Waals surface area (Å²) in [6.07, 6.45) is 0.757. The normalized spacial score (nSPS) is 20.1. The topological polar surface area (TPSA) is 69.6 Å². The van der Waals surface area contributed by atoms with E-state index in [2.05, 4.69) is 5.32 Å². The lowest BCUT2D eigenvalue weighted by atomic mass is 9.93. The SMILES string of the molecule is O=C(O)C1NCCc2cccc(O)c21. The molecule has 0 saturated carbocycles. The Labute approximate surface area is 81.2 Å². The van der Waals surface area contributed by atoms with Crippen molar-refractivity contribution in [2.75, 3.05) is 6.54 Å². The minimum Gasteiger partial charge on any atom is -0.508 e. The van der Waals surface area contributed by atoms with Gasteiger partial charge in [0.25, 0.3) is 0 Å². The van der Waals surface area contributed by atoms with E-state index in [-0.39, 0.29) is 5.75 Å². The van der Waals surface area contributed by atoms with Crippen molar-refractivity contribution in [2.45, 2.75) is 12.5 Å². The first-order chi connectivity index (χ1) is 6.70. The molecule has 1 aliphatic heterocycles. The van der Waals surface area contributed by atoms with Crippen molar-refractivity contribution < 1.29 is 15.0 Å². The van der Waals surface area contributed by atoms with Gasteiger partial charge in [0.1, 0.15) is 11.8 Å². The number of nitrogens with one attached hydrogen (secondary N) is 1. The predicted molar refractivity (Wildman–Crippen MR) is 50.2 cm³/mol. The van der Waals surface area contributed by atoms with Crippen molar-refractivity contribution in [1.82, 2.24) is 5.32 Å². The lowest BCUT2D eigenvalue weighted by molar-refractivity contribution is -0.139. The van der Waals surface area contributed by atoms with Gasteiger partial charge >= 0.3 is 5.97 Å². The van der Waals surface area contributed by atoms with Crippen LogP contribution in [0.2, 0.25) is 0 Å². The van der Waals surface area contributed by atoms with Crippen LogP contribution in [-0.4, -0.2) is 22.7 Å². The first kappa shape index (κ1) is 9.02. The van der Waals surface area contributed by atoms with Gasteiger partial charge in [-0.2, -0.15) is 0 Å². The van der Waals surface area contributed by atoms with Gasteiger partial charge in [-0.3, -0.25) is 4.79 Å². The molecule has 3 N–H and O–H groups in total. The number of carboxylic acids is 1. The van der Waals surface area contributed by atoms with Crippen LogP contribution in [0.15, 0.2) is 18.2 Å². The summed E-state index contributed by atoms with van der Waals surface area (Å²) in [5.41, 5.74) is 1.42. The second-order valence-corrected chi connectivity index (χ2v) is 3.33. The number of rotatable bonds is 1. The number of aliphatic carboxylic acids is 1. The van der Waals surface area contributed by atoms with Crippen LogP contribution >= 0.6 is 0 Å². The van der Waals surface area contributed by atoms with Crippen molar-refractivity contribution in [2.24, 2.45) is 0 Å². The lowest BCUT2D eigenvalue weighted by Gasteiger charge is -2.24. The Kier molecular flexibility index (Phi) is 2.13. The molecule has 2 rings (SSSR count). The molecule has 0 saturated heterocycles. The zero-order valence-electron chi connectivity index (χ0n) is 7.53. The molecule has 1 aliphatic rings. The number of benzene rings is 1. The number of carbonyl (C=O) groups is 1. The second kappa shape index (κ2) is 3.31. The Morgan fingerprint density at radius 2 is 2.29 bits per heavy atom. The van der Waals surface area contributed by atoms with E-state index in [0.717, 1.165) is 12.0 Å². The Balaban J connectivity index is 2.52. The quantitative estimate of drug-likeness (QED) is 0.613. The Bertz CT molecular complexity index is 376. The van der Waals surface area contributed by atoms with Gasteiger partial charge in [-0.25, -0.2) is 0 Å². The van der Waals surface area contributed by atoms with Crippen molar-refractivity contribution >= 4 is 5.97 Å². The number of hydrogen-bond donors (Lipinski definition) is 3. The second-order valence-electron chi connectivity index (χ2n) is 3.33. The molecule has 1 atom stereocenters. The molecule has 74 valence electrons. The maximum absolute atomic E-state index is 10.9. The highest BCUT2D eigenvalue weighted by Gasteiger charge is 2.27. The third-order valence-corrected chi connectivity index (χ3v) is 2.45. The number of carboxylic acid groups (broad SMARTS) is 1. The largest absolute Gasteiger partial charge is 0.508 e. The summed E-state index contributed by atoms with van der Waals surface area (Å²) in [6.45, 7) is 0.632. The molecule has 0 aliphatic carbocycles. The highest BCUT2D eigenvalue weighted by Crippen LogP contribution is 2.30. The number of phenolic OH excluding ortho intramolecular Hbond substituents is 1. The molecule has 0 amide bonds. The molecule has 0 spiro atoms. The molecule has 4 heteroatoms. The molecule has 1 aromatic rings. The fraction of sp³-hybridized carbons (Fsp3) is 0.300. The van der Waals surface area contributed by atoms with Gasteiger partial charge in [0, 0.05) is 12.1 Å². The van der Waals surface area contributed by atoms with E-state index in [1.165, 1.54) is 6.07 Å². The predicted octanol–water partition coefficient (Wildman–Crippen LogP) is 0.664. The average Bonchev–Trinajstić information content (AvgIpc) is 2.17. The molecule has 0 fully saturated rings. The summed E-state index contributed by atoms with van der Waals surface area (Å²) in [6, 6.07) is 4.33. The van der Waals surface area contributed by atoms with Gasteiger partial charge in [0.2, 0.25) is 0 Å². The van der Waals surface area contributed by atoms with E-state index in [1.54, 1.807) is 6.07 Å². The first-order valence-corrected chi connectivity index (χ1v) is 4.47. The van der Waals surface area contributed by atoms with E-state index < -0.39 is 12.0 Å². The molecule has 0 radical (unpaired) electrons. The molecule has 1 unspecified atom stereocenters. The lowest BCUT2D eigenvalue weighted by Crippen LogP contribution is -2.35. The molecular formula is C10H11NO3. The van der Waals surface area contributed by atoms with E-state index in [1.807, 2.05) is 6.07 Å². The molecular weight excluding hydrogens is 182 g/mol. The van der Waals surface area contributed by atoms with E-state index >= 15 is 0 Å². The van der Waals surface area contributed by atoms with Crippen LogP contribution in [-0.2, 0) is 11.2 Å².